The van der Waals surface area contributed by atoms with Gasteiger partial charge in [-0.3, -0.25) is 9.48 Å². The van der Waals surface area contributed by atoms with Gasteiger partial charge in [-0.15, -0.1) is 0 Å². The molecule has 0 bridgehead atoms. The van der Waals surface area contributed by atoms with Crippen LogP contribution in [0.25, 0.3) is 11.1 Å². The van der Waals surface area contributed by atoms with E-state index in [-0.39, 0.29) is 24.2 Å². The number of hydrogen-bond acceptors (Lipinski definition) is 2. The smallest absolute Gasteiger partial charge is 0.234 e. The highest BCUT2D eigenvalue weighted by Crippen LogP contribution is 2.38. The van der Waals surface area contributed by atoms with Crippen molar-refractivity contribution >= 4 is 11.6 Å². The Morgan fingerprint density at radius 1 is 1.16 bits per heavy atom. The molecule has 1 atom stereocenters. The lowest BCUT2D eigenvalue weighted by Gasteiger charge is -2.18. The predicted octanol–water partition coefficient (Wildman–Crippen LogP) is 3.88. The summed E-state index contributed by atoms with van der Waals surface area (Å²) in [7, 11) is 1.83. The summed E-state index contributed by atoms with van der Waals surface area (Å²) in [5.74, 6) is -0.489. The number of aromatic nitrogens is 2. The van der Waals surface area contributed by atoms with Crippen LogP contribution in [0.3, 0.4) is 0 Å². The minimum Gasteiger partial charge on any atom is -0.307 e. The normalized spacial score (nSPS) is 16.4. The number of nitrogens with zero attached hydrogens (tertiary/aromatic N) is 3. The Kier molecular flexibility index (Phi) is 3.64. The van der Waals surface area contributed by atoms with Crippen molar-refractivity contribution in [2.75, 3.05) is 4.90 Å². The van der Waals surface area contributed by atoms with Crippen molar-refractivity contribution < 1.29 is 9.18 Å². The fraction of sp³-hybridized carbons (Fsp3) is 0.200. The zero-order valence-electron chi connectivity index (χ0n) is 14.1. The first-order chi connectivity index (χ1) is 12.0. The molecular formula is C20H18FN3O. The van der Waals surface area contributed by atoms with E-state index in [1.165, 1.54) is 6.07 Å². The van der Waals surface area contributed by atoms with E-state index in [1.807, 2.05) is 50.5 Å². The first-order valence-corrected chi connectivity index (χ1v) is 8.22. The first kappa shape index (κ1) is 15.6. The molecule has 25 heavy (non-hydrogen) atoms. The second-order valence-electron chi connectivity index (χ2n) is 6.41. The second kappa shape index (κ2) is 5.84. The third-order valence-corrected chi connectivity index (χ3v) is 4.75. The van der Waals surface area contributed by atoms with Crippen LogP contribution in [0.5, 0.6) is 0 Å². The molecule has 0 saturated heterocycles. The van der Waals surface area contributed by atoms with Crippen LogP contribution in [0, 0.1) is 5.82 Å². The molecule has 0 fully saturated rings. The van der Waals surface area contributed by atoms with Gasteiger partial charge in [-0.1, -0.05) is 30.3 Å². The quantitative estimate of drug-likeness (QED) is 0.728. The first-order valence-electron chi connectivity index (χ1n) is 8.22. The Morgan fingerprint density at radius 3 is 2.68 bits per heavy atom. The maximum absolute atomic E-state index is 14.6. The fourth-order valence-corrected chi connectivity index (χ4v) is 3.34. The van der Waals surface area contributed by atoms with E-state index in [4.69, 9.17) is 0 Å². The maximum atomic E-state index is 14.6. The molecule has 0 saturated carbocycles. The SMILES string of the molecule is CC1C(=O)N(Cc2ccc(-c3cnn(C)c3)cc2F)c2ccccc21. The molecule has 0 radical (unpaired) electrons. The van der Waals surface area contributed by atoms with E-state index < -0.39 is 0 Å². The second-order valence-corrected chi connectivity index (χ2v) is 6.41. The van der Waals surface area contributed by atoms with Crippen molar-refractivity contribution in [3.8, 4) is 11.1 Å². The summed E-state index contributed by atoms with van der Waals surface area (Å²) in [6, 6.07) is 12.8. The van der Waals surface area contributed by atoms with Crippen LogP contribution in [0.1, 0.15) is 24.0 Å². The van der Waals surface area contributed by atoms with E-state index in [1.54, 1.807) is 21.8 Å². The van der Waals surface area contributed by atoms with Gasteiger partial charge in [0.1, 0.15) is 5.82 Å². The molecule has 2 aromatic carbocycles. The predicted molar refractivity (Wildman–Crippen MR) is 94.6 cm³/mol. The monoisotopic (exact) mass is 335 g/mol. The number of halogens is 1. The highest BCUT2D eigenvalue weighted by Gasteiger charge is 2.34. The minimum absolute atomic E-state index is 0.0111. The van der Waals surface area contributed by atoms with Crippen molar-refractivity contribution in [1.82, 2.24) is 9.78 Å². The summed E-state index contributed by atoms with van der Waals surface area (Å²) < 4.78 is 16.3. The summed E-state index contributed by atoms with van der Waals surface area (Å²) in [6.07, 6.45) is 3.55. The van der Waals surface area contributed by atoms with E-state index in [9.17, 15) is 9.18 Å². The number of para-hydroxylation sites is 1. The fourth-order valence-electron chi connectivity index (χ4n) is 3.34. The Bertz CT molecular complexity index is 963. The molecule has 0 aliphatic carbocycles. The van der Waals surface area contributed by atoms with Crippen molar-refractivity contribution in [3.63, 3.8) is 0 Å². The average Bonchev–Trinajstić information content (AvgIpc) is 3.14. The van der Waals surface area contributed by atoms with Gasteiger partial charge in [-0.2, -0.15) is 5.10 Å². The van der Waals surface area contributed by atoms with Gasteiger partial charge in [-0.25, -0.2) is 4.39 Å². The van der Waals surface area contributed by atoms with Crippen LogP contribution in [0.2, 0.25) is 0 Å². The van der Waals surface area contributed by atoms with Crippen LogP contribution >= 0.6 is 0 Å². The Balaban J connectivity index is 1.64. The van der Waals surface area contributed by atoms with Crippen LogP contribution < -0.4 is 4.90 Å². The van der Waals surface area contributed by atoms with E-state index >= 15 is 0 Å². The summed E-state index contributed by atoms with van der Waals surface area (Å²) in [6.45, 7) is 2.13. The number of rotatable bonds is 3. The van der Waals surface area contributed by atoms with Gasteiger partial charge >= 0.3 is 0 Å². The summed E-state index contributed by atoms with van der Waals surface area (Å²) in [5.41, 5.74) is 4.01. The molecule has 0 N–H and O–H groups in total. The maximum Gasteiger partial charge on any atom is 0.234 e. The minimum atomic E-state index is -0.314. The zero-order valence-corrected chi connectivity index (χ0v) is 14.1. The third kappa shape index (κ3) is 2.61. The van der Waals surface area contributed by atoms with Crippen LogP contribution in [-0.4, -0.2) is 15.7 Å². The molecule has 5 heteroatoms. The van der Waals surface area contributed by atoms with Crippen LogP contribution in [0.4, 0.5) is 10.1 Å². The summed E-state index contributed by atoms with van der Waals surface area (Å²) >= 11 is 0. The lowest BCUT2D eigenvalue weighted by molar-refractivity contribution is -0.119. The molecular weight excluding hydrogens is 317 g/mol. The molecule has 1 aliphatic heterocycles. The topological polar surface area (TPSA) is 38.1 Å². The molecule has 4 rings (SSSR count). The molecule has 1 amide bonds. The van der Waals surface area contributed by atoms with Gasteiger partial charge in [0.25, 0.3) is 0 Å². The summed E-state index contributed by atoms with van der Waals surface area (Å²) in [5, 5.41) is 4.11. The largest absolute Gasteiger partial charge is 0.307 e. The molecule has 1 unspecified atom stereocenters. The molecule has 4 nitrogen and oxygen atoms in total. The average molecular weight is 335 g/mol. The number of anilines is 1. The van der Waals surface area contributed by atoms with Crippen molar-refractivity contribution in [2.45, 2.75) is 19.4 Å². The highest BCUT2D eigenvalue weighted by molar-refractivity contribution is 6.04. The van der Waals surface area contributed by atoms with Crippen molar-refractivity contribution in [2.24, 2.45) is 7.05 Å². The van der Waals surface area contributed by atoms with Crippen molar-refractivity contribution in [3.05, 3.63) is 71.8 Å². The number of hydrogen-bond donors (Lipinski definition) is 0. The molecule has 2 heterocycles. The van der Waals surface area contributed by atoms with Gasteiger partial charge in [0.2, 0.25) is 5.91 Å². The van der Waals surface area contributed by atoms with Crippen LogP contribution in [-0.2, 0) is 18.4 Å². The molecule has 0 spiro atoms. The Morgan fingerprint density at radius 2 is 1.96 bits per heavy atom. The number of fused-ring (bicyclic) bond motifs is 1. The number of carbonyl (C=O) groups is 1. The van der Waals surface area contributed by atoms with Crippen molar-refractivity contribution in [1.29, 1.82) is 0 Å². The molecule has 126 valence electrons. The lowest BCUT2D eigenvalue weighted by Crippen LogP contribution is -2.27. The number of benzene rings is 2. The molecule has 3 aromatic rings. The van der Waals surface area contributed by atoms with Gasteiger partial charge in [-0.05, 0) is 30.2 Å². The molecule has 1 aromatic heterocycles. The Labute approximate surface area is 145 Å². The van der Waals surface area contributed by atoms with E-state index in [0.717, 1.165) is 22.4 Å². The lowest BCUT2D eigenvalue weighted by atomic mass is 10.0. The van der Waals surface area contributed by atoms with E-state index in [0.29, 0.717) is 5.56 Å². The van der Waals surface area contributed by atoms with Gasteiger partial charge in [0, 0.05) is 30.1 Å². The number of aryl methyl sites for hydroxylation is 1. The Hall–Kier alpha value is -2.95. The van der Waals surface area contributed by atoms with Gasteiger partial charge in [0.05, 0.1) is 18.7 Å². The third-order valence-electron chi connectivity index (χ3n) is 4.75. The zero-order chi connectivity index (χ0) is 17.6. The highest BCUT2D eigenvalue weighted by atomic mass is 19.1. The standard InChI is InChI=1S/C20H18FN3O/c1-13-17-5-3-4-6-19(17)24(20(13)25)12-15-8-7-14(9-18(15)21)16-10-22-23(2)11-16/h3-11,13H,12H2,1-2H3. The van der Waals surface area contributed by atoms with Gasteiger partial charge < -0.3 is 4.90 Å². The summed E-state index contributed by atoms with van der Waals surface area (Å²) in [4.78, 5) is 14.2. The number of amides is 1. The van der Waals surface area contributed by atoms with E-state index in [2.05, 4.69) is 5.10 Å². The number of carbonyl (C=O) groups excluding carboxylic acids is 1. The molecule has 1 aliphatic rings. The van der Waals surface area contributed by atoms with Crippen LogP contribution in [0.15, 0.2) is 54.9 Å². The van der Waals surface area contributed by atoms with Gasteiger partial charge in [0.15, 0.2) is 0 Å².